The highest BCUT2D eigenvalue weighted by Crippen LogP contribution is 2.10. The molecule has 1 amide bonds. The van der Waals surface area contributed by atoms with Crippen molar-refractivity contribution in [1.29, 1.82) is 0 Å². The van der Waals surface area contributed by atoms with Crippen LogP contribution in [0.3, 0.4) is 0 Å². The summed E-state index contributed by atoms with van der Waals surface area (Å²) in [6.07, 6.45) is 4.47. The second-order valence-corrected chi connectivity index (χ2v) is 3.81. The van der Waals surface area contributed by atoms with Gasteiger partial charge in [-0.15, -0.1) is 0 Å². The molecule has 0 aromatic heterocycles. The summed E-state index contributed by atoms with van der Waals surface area (Å²) in [5, 5.41) is 0. The fraction of sp³-hybridized carbons (Fsp3) is 0.636. The fourth-order valence-electron chi connectivity index (χ4n) is 1.93. The average molecular weight is 223 g/mol. The van der Waals surface area contributed by atoms with Crippen molar-refractivity contribution in [3.05, 3.63) is 12.3 Å². The molecule has 0 aromatic rings. The first-order valence-electron chi connectivity index (χ1n) is 5.69. The molecule has 1 saturated heterocycles. The van der Waals surface area contributed by atoms with Crippen molar-refractivity contribution in [2.75, 3.05) is 32.8 Å². The predicted octanol–water partition coefficient (Wildman–Crippen LogP) is 1.08. The van der Waals surface area contributed by atoms with Crippen molar-refractivity contribution in [3.63, 3.8) is 0 Å². The van der Waals surface area contributed by atoms with E-state index < -0.39 is 0 Å². The van der Waals surface area contributed by atoms with Gasteiger partial charge in [-0.3, -0.25) is 0 Å². The summed E-state index contributed by atoms with van der Waals surface area (Å²) in [7, 11) is 0. The Hall–Kier alpha value is -1.52. The third-order valence-electron chi connectivity index (χ3n) is 2.79. The molecule has 0 atom stereocenters. The van der Waals surface area contributed by atoms with Gasteiger partial charge >= 0.3 is 6.09 Å². The zero-order chi connectivity index (χ0) is 11.4. The molecular weight excluding hydrogens is 206 g/mol. The van der Waals surface area contributed by atoms with Crippen LogP contribution in [-0.2, 0) is 4.74 Å². The molecule has 0 saturated carbocycles. The molecule has 2 rings (SSSR count). The van der Waals surface area contributed by atoms with Crippen molar-refractivity contribution in [2.24, 2.45) is 4.99 Å². The average Bonchev–Trinajstić information content (AvgIpc) is 2.51. The summed E-state index contributed by atoms with van der Waals surface area (Å²) < 4.78 is 5.00. The van der Waals surface area contributed by atoms with Crippen LogP contribution in [0.15, 0.2) is 17.3 Å². The number of hydrogen-bond acceptors (Lipinski definition) is 4. The van der Waals surface area contributed by atoms with Gasteiger partial charge in [0.15, 0.2) is 0 Å². The van der Waals surface area contributed by atoms with Gasteiger partial charge < -0.3 is 14.5 Å². The number of ether oxygens (including phenoxy) is 1. The number of aliphatic imine (C=N–C) groups is 1. The second kappa shape index (κ2) is 5.01. The summed E-state index contributed by atoms with van der Waals surface area (Å²) >= 11 is 0. The Bertz CT molecular complexity index is 325. The first kappa shape index (κ1) is 11.0. The Morgan fingerprint density at radius 2 is 2.38 bits per heavy atom. The van der Waals surface area contributed by atoms with E-state index in [-0.39, 0.29) is 6.09 Å². The van der Waals surface area contributed by atoms with Crippen LogP contribution in [0.1, 0.15) is 13.3 Å². The molecule has 2 heterocycles. The zero-order valence-electron chi connectivity index (χ0n) is 9.56. The highest BCUT2D eigenvalue weighted by atomic mass is 16.6. The van der Waals surface area contributed by atoms with E-state index in [0.29, 0.717) is 19.7 Å². The Labute approximate surface area is 95.4 Å². The van der Waals surface area contributed by atoms with E-state index in [1.807, 2.05) is 19.2 Å². The van der Waals surface area contributed by atoms with Gasteiger partial charge in [0.2, 0.25) is 0 Å². The van der Waals surface area contributed by atoms with Crippen molar-refractivity contribution >= 4 is 11.9 Å². The summed E-state index contributed by atoms with van der Waals surface area (Å²) in [5.74, 6) is 1.08. The third-order valence-corrected chi connectivity index (χ3v) is 2.79. The molecule has 16 heavy (non-hydrogen) atoms. The Morgan fingerprint density at radius 3 is 3.19 bits per heavy atom. The molecule has 0 radical (unpaired) electrons. The number of amides is 1. The number of amidine groups is 1. The van der Waals surface area contributed by atoms with Crippen LogP contribution < -0.4 is 0 Å². The lowest BCUT2D eigenvalue weighted by Gasteiger charge is -2.24. The molecule has 0 spiro atoms. The smallest absolute Gasteiger partial charge is 0.409 e. The molecule has 0 bridgehead atoms. The lowest BCUT2D eigenvalue weighted by molar-refractivity contribution is 0.108. The molecular formula is C11H17N3O2. The summed E-state index contributed by atoms with van der Waals surface area (Å²) in [6, 6.07) is 0. The normalized spacial score (nSPS) is 19.9. The van der Waals surface area contributed by atoms with Crippen molar-refractivity contribution in [1.82, 2.24) is 9.80 Å². The van der Waals surface area contributed by atoms with E-state index in [1.54, 1.807) is 4.90 Å². The largest absolute Gasteiger partial charge is 0.450 e. The maximum absolute atomic E-state index is 11.6. The third kappa shape index (κ3) is 2.35. The second-order valence-electron chi connectivity index (χ2n) is 3.81. The van der Waals surface area contributed by atoms with Gasteiger partial charge in [0.1, 0.15) is 5.84 Å². The van der Waals surface area contributed by atoms with Gasteiger partial charge in [0.25, 0.3) is 0 Å². The van der Waals surface area contributed by atoms with Crippen LogP contribution in [0.5, 0.6) is 0 Å². The quantitative estimate of drug-likeness (QED) is 0.668. The van der Waals surface area contributed by atoms with E-state index >= 15 is 0 Å². The van der Waals surface area contributed by atoms with E-state index in [1.165, 1.54) is 0 Å². The van der Waals surface area contributed by atoms with E-state index in [9.17, 15) is 4.79 Å². The lowest BCUT2D eigenvalue weighted by Crippen LogP contribution is -2.36. The number of nitrogens with zero attached hydrogens (tertiary/aromatic N) is 3. The minimum Gasteiger partial charge on any atom is -0.450 e. The molecule has 0 aliphatic carbocycles. The van der Waals surface area contributed by atoms with Crippen molar-refractivity contribution < 1.29 is 9.53 Å². The number of carbonyl (C=O) groups is 1. The Balaban J connectivity index is 1.96. The number of rotatable bonds is 1. The van der Waals surface area contributed by atoms with Crippen LogP contribution in [-0.4, -0.2) is 54.5 Å². The molecule has 1 fully saturated rings. The maximum atomic E-state index is 11.6. The van der Waals surface area contributed by atoms with Gasteiger partial charge in [0.05, 0.1) is 6.61 Å². The Kier molecular flexibility index (Phi) is 3.44. The topological polar surface area (TPSA) is 45.1 Å². The molecule has 88 valence electrons. The van der Waals surface area contributed by atoms with Gasteiger partial charge in [-0.25, -0.2) is 9.79 Å². The minimum absolute atomic E-state index is 0.212. The van der Waals surface area contributed by atoms with E-state index in [2.05, 4.69) is 9.89 Å². The standard InChI is InChI=1S/C11H17N3O2/c1-2-16-11(15)14-7-4-10-12-5-3-6-13(10)8-9-14/h3,5H,2,4,6-9H2,1H3. The first-order chi connectivity index (χ1) is 7.81. The first-order valence-corrected chi connectivity index (χ1v) is 5.69. The Morgan fingerprint density at radius 1 is 1.50 bits per heavy atom. The monoisotopic (exact) mass is 223 g/mol. The summed E-state index contributed by atoms with van der Waals surface area (Å²) in [5.41, 5.74) is 0. The van der Waals surface area contributed by atoms with Crippen LogP contribution in [0.2, 0.25) is 0 Å². The molecule has 0 N–H and O–H groups in total. The van der Waals surface area contributed by atoms with Crippen LogP contribution in [0.25, 0.3) is 0 Å². The number of fused-ring (bicyclic) bond motifs is 1. The van der Waals surface area contributed by atoms with Crippen LogP contribution >= 0.6 is 0 Å². The van der Waals surface area contributed by atoms with Gasteiger partial charge in [0, 0.05) is 38.8 Å². The van der Waals surface area contributed by atoms with Crippen molar-refractivity contribution in [2.45, 2.75) is 13.3 Å². The minimum atomic E-state index is -0.212. The van der Waals surface area contributed by atoms with Gasteiger partial charge in [-0.05, 0) is 13.0 Å². The van der Waals surface area contributed by atoms with Crippen molar-refractivity contribution in [3.8, 4) is 0 Å². The van der Waals surface area contributed by atoms with Gasteiger partial charge in [-0.1, -0.05) is 0 Å². The molecule has 0 unspecified atom stereocenters. The lowest BCUT2D eigenvalue weighted by atomic mass is 10.3. The molecule has 2 aliphatic heterocycles. The van der Waals surface area contributed by atoms with E-state index in [4.69, 9.17) is 4.74 Å². The summed E-state index contributed by atoms with van der Waals surface area (Å²) in [6.45, 7) is 5.40. The molecule has 2 aliphatic rings. The number of hydrogen-bond donors (Lipinski definition) is 0. The molecule has 0 aromatic carbocycles. The van der Waals surface area contributed by atoms with Crippen LogP contribution in [0, 0.1) is 0 Å². The van der Waals surface area contributed by atoms with Crippen LogP contribution in [0.4, 0.5) is 4.79 Å². The maximum Gasteiger partial charge on any atom is 0.409 e. The van der Waals surface area contributed by atoms with Gasteiger partial charge in [-0.2, -0.15) is 0 Å². The highest BCUT2D eigenvalue weighted by Gasteiger charge is 2.23. The fourth-order valence-corrected chi connectivity index (χ4v) is 1.93. The molecule has 5 nitrogen and oxygen atoms in total. The predicted molar refractivity (Wildman–Crippen MR) is 61.4 cm³/mol. The number of carbonyl (C=O) groups excluding carboxylic acids is 1. The van der Waals surface area contributed by atoms with E-state index in [0.717, 1.165) is 25.3 Å². The zero-order valence-corrected chi connectivity index (χ0v) is 9.56. The molecule has 5 heteroatoms. The highest BCUT2D eigenvalue weighted by molar-refractivity contribution is 5.84. The summed E-state index contributed by atoms with van der Waals surface area (Å²) in [4.78, 5) is 19.9. The SMILES string of the molecule is CCOC(=O)N1CCC2=NC=CCN2CC1.